The van der Waals surface area contributed by atoms with Crippen molar-refractivity contribution >= 4 is 29.3 Å². The molecule has 152 valence electrons. The fourth-order valence-corrected chi connectivity index (χ4v) is 3.09. The van der Waals surface area contributed by atoms with E-state index in [1.54, 1.807) is 29.2 Å². The van der Waals surface area contributed by atoms with Crippen LogP contribution in [0.15, 0.2) is 54.6 Å². The number of hydrogen-bond donors (Lipinski definition) is 2. The molecule has 2 aromatic rings. The van der Waals surface area contributed by atoms with Crippen LogP contribution in [0, 0.1) is 0 Å². The number of para-hydroxylation sites is 1. The Morgan fingerprint density at radius 1 is 0.931 bits per heavy atom. The predicted octanol–water partition coefficient (Wildman–Crippen LogP) is 1.94. The van der Waals surface area contributed by atoms with Crippen LogP contribution in [0.2, 0.25) is 0 Å². The average Bonchev–Trinajstić information content (AvgIpc) is 2.78. The highest BCUT2D eigenvalue weighted by atomic mass is 16.5. The molecule has 8 heteroatoms. The number of nitrogens with zero attached hydrogens (tertiary/aromatic N) is 2. The van der Waals surface area contributed by atoms with E-state index >= 15 is 0 Å². The number of benzene rings is 2. The molecule has 0 saturated carbocycles. The van der Waals surface area contributed by atoms with Crippen molar-refractivity contribution in [1.82, 2.24) is 10.2 Å². The maximum atomic E-state index is 12.3. The monoisotopic (exact) mass is 396 g/mol. The van der Waals surface area contributed by atoms with Crippen LogP contribution in [0.4, 0.5) is 16.2 Å². The van der Waals surface area contributed by atoms with Gasteiger partial charge in [0.2, 0.25) is 5.91 Å². The van der Waals surface area contributed by atoms with Crippen LogP contribution in [0.25, 0.3) is 0 Å². The SMILES string of the molecule is COC(=O)c1ccc(NC(=O)CNC(=O)N2CCN(c3ccccc3)CC2)cc1. The molecule has 1 saturated heterocycles. The first-order valence-corrected chi connectivity index (χ1v) is 9.38. The molecule has 1 aliphatic heterocycles. The summed E-state index contributed by atoms with van der Waals surface area (Å²) in [4.78, 5) is 39.7. The molecule has 1 heterocycles. The zero-order chi connectivity index (χ0) is 20.6. The van der Waals surface area contributed by atoms with Gasteiger partial charge in [0.25, 0.3) is 0 Å². The normalized spacial score (nSPS) is 13.6. The van der Waals surface area contributed by atoms with E-state index in [1.165, 1.54) is 7.11 Å². The summed E-state index contributed by atoms with van der Waals surface area (Å²) in [5, 5.41) is 5.33. The van der Waals surface area contributed by atoms with Crippen molar-refractivity contribution in [1.29, 1.82) is 0 Å². The van der Waals surface area contributed by atoms with Crippen LogP contribution in [-0.4, -0.2) is 62.6 Å². The van der Waals surface area contributed by atoms with Gasteiger partial charge >= 0.3 is 12.0 Å². The number of hydrogen-bond acceptors (Lipinski definition) is 5. The first kappa shape index (κ1) is 20.2. The minimum atomic E-state index is -0.442. The third-order valence-corrected chi connectivity index (χ3v) is 4.68. The lowest BCUT2D eigenvalue weighted by Crippen LogP contribution is -2.52. The molecule has 0 radical (unpaired) electrons. The molecule has 0 aromatic heterocycles. The summed E-state index contributed by atoms with van der Waals surface area (Å²) < 4.78 is 4.63. The number of carbonyl (C=O) groups is 3. The Morgan fingerprint density at radius 3 is 2.21 bits per heavy atom. The molecule has 0 atom stereocenters. The quantitative estimate of drug-likeness (QED) is 0.754. The fourth-order valence-electron chi connectivity index (χ4n) is 3.09. The average molecular weight is 396 g/mol. The largest absolute Gasteiger partial charge is 0.465 e. The highest BCUT2D eigenvalue weighted by Gasteiger charge is 2.21. The Hall–Kier alpha value is -3.55. The number of methoxy groups -OCH3 is 1. The summed E-state index contributed by atoms with van der Waals surface area (Å²) in [6.07, 6.45) is 0. The number of esters is 1. The number of rotatable bonds is 5. The van der Waals surface area contributed by atoms with Gasteiger partial charge in [-0.25, -0.2) is 9.59 Å². The second-order valence-electron chi connectivity index (χ2n) is 6.59. The van der Waals surface area contributed by atoms with Crippen LogP contribution in [-0.2, 0) is 9.53 Å². The fraction of sp³-hybridized carbons (Fsp3) is 0.286. The van der Waals surface area contributed by atoms with Gasteiger partial charge in [0.15, 0.2) is 0 Å². The topological polar surface area (TPSA) is 91.0 Å². The van der Waals surface area contributed by atoms with E-state index < -0.39 is 5.97 Å². The number of nitrogens with one attached hydrogen (secondary N) is 2. The second kappa shape index (κ2) is 9.59. The minimum Gasteiger partial charge on any atom is -0.465 e. The summed E-state index contributed by atoms with van der Waals surface area (Å²) in [7, 11) is 1.31. The van der Waals surface area contributed by atoms with E-state index in [-0.39, 0.29) is 18.5 Å². The zero-order valence-corrected chi connectivity index (χ0v) is 16.3. The van der Waals surface area contributed by atoms with Crippen LogP contribution >= 0.6 is 0 Å². The number of piperazine rings is 1. The summed E-state index contributed by atoms with van der Waals surface area (Å²) in [5.41, 5.74) is 2.08. The van der Waals surface area contributed by atoms with Gasteiger partial charge in [-0.2, -0.15) is 0 Å². The third kappa shape index (κ3) is 5.47. The molecule has 2 N–H and O–H groups in total. The molecule has 0 unspecified atom stereocenters. The van der Waals surface area contributed by atoms with Gasteiger partial charge in [-0.3, -0.25) is 4.79 Å². The molecule has 1 aliphatic rings. The van der Waals surface area contributed by atoms with Crippen molar-refractivity contribution in [3.05, 3.63) is 60.2 Å². The highest BCUT2D eigenvalue weighted by molar-refractivity contribution is 5.95. The number of carbonyl (C=O) groups excluding carboxylic acids is 3. The smallest absolute Gasteiger partial charge is 0.337 e. The van der Waals surface area contributed by atoms with E-state index in [1.807, 2.05) is 18.2 Å². The third-order valence-electron chi connectivity index (χ3n) is 4.68. The molecule has 0 aliphatic carbocycles. The second-order valence-corrected chi connectivity index (χ2v) is 6.59. The lowest BCUT2D eigenvalue weighted by atomic mass is 10.2. The Labute approximate surface area is 169 Å². The van der Waals surface area contributed by atoms with E-state index in [0.29, 0.717) is 24.3 Å². The van der Waals surface area contributed by atoms with Crippen LogP contribution in [0.1, 0.15) is 10.4 Å². The van der Waals surface area contributed by atoms with Gasteiger partial charge < -0.3 is 25.2 Å². The van der Waals surface area contributed by atoms with Crippen molar-refractivity contribution in [2.24, 2.45) is 0 Å². The maximum absolute atomic E-state index is 12.3. The Kier molecular flexibility index (Phi) is 6.67. The van der Waals surface area contributed by atoms with Gasteiger partial charge in [-0.1, -0.05) is 18.2 Å². The minimum absolute atomic E-state index is 0.128. The molecule has 0 spiro atoms. The number of urea groups is 1. The molecule has 0 bridgehead atoms. The molecule has 1 fully saturated rings. The summed E-state index contributed by atoms with van der Waals surface area (Å²) >= 11 is 0. The predicted molar refractivity (Wildman–Crippen MR) is 110 cm³/mol. The van der Waals surface area contributed by atoms with Crippen LogP contribution in [0.5, 0.6) is 0 Å². The lowest BCUT2D eigenvalue weighted by Gasteiger charge is -2.36. The molecule has 3 rings (SSSR count). The van der Waals surface area contributed by atoms with E-state index in [2.05, 4.69) is 32.4 Å². The van der Waals surface area contributed by atoms with E-state index in [0.717, 1.165) is 18.8 Å². The molecular weight excluding hydrogens is 372 g/mol. The van der Waals surface area contributed by atoms with Crippen molar-refractivity contribution in [3.63, 3.8) is 0 Å². The molecule has 3 amide bonds. The molecular formula is C21H24N4O4. The van der Waals surface area contributed by atoms with Gasteiger partial charge in [0.1, 0.15) is 0 Å². The Morgan fingerprint density at radius 2 is 1.59 bits per heavy atom. The van der Waals surface area contributed by atoms with Crippen molar-refractivity contribution in [2.75, 3.05) is 50.1 Å². The molecule has 8 nitrogen and oxygen atoms in total. The summed E-state index contributed by atoms with van der Waals surface area (Å²) in [5.74, 6) is -0.783. The number of amides is 3. The van der Waals surface area contributed by atoms with Crippen molar-refractivity contribution in [2.45, 2.75) is 0 Å². The summed E-state index contributed by atoms with van der Waals surface area (Å²) in [6, 6.07) is 16.2. The van der Waals surface area contributed by atoms with Gasteiger partial charge in [-0.05, 0) is 36.4 Å². The lowest BCUT2D eigenvalue weighted by molar-refractivity contribution is -0.115. The Balaban J connectivity index is 1.41. The first-order valence-electron chi connectivity index (χ1n) is 9.38. The molecule has 2 aromatic carbocycles. The zero-order valence-electron chi connectivity index (χ0n) is 16.3. The standard InChI is InChI=1S/C21H24N4O4/c1-29-20(27)16-7-9-17(10-8-16)23-19(26)15-22-21(28)25-13-11-24(12-14-25)18-5-3-2-4-6-18/h2-10H,11-15H2,1H3,(H,22,28)(H,23,26). The van der Waals surface area contributed by atoms with Gasteiger partial charge in [0, 0.05) is 37.6 Å². The number of ether oxygens (including phenoxy) is 1. The number of anilines is 2. The van der Waals surface area contributed by atoms with Crippen molar-refractivity contribution < 1.29 is 19.1 Å². The first-order chi connectivity index (χ1) is 14.1. The van der Waals surface area contributed by atoms with Gasteiger partial charge in [-0.15, -0.1) is 0 Å². The molecule has 29 heavy (non-hydrogen) atoms. The van der Waals surface area contributed by atoms with E-state index in [9.17, 15) is 14.4 Å². The van der Waals surface area contributed by atoms with Crippen LogP contribution in [0.3, 0.4) is 0 Å². The maximum Gasteiger partial charge on any atom is 0.337 e. The Bertz CT molecular complexity index is 847. The van der Waals surface area contributed by atoms with Gasteiger partial charge in [0.05, 0.1) is 19.2 Å². The van der Waals surface area contributed by atoms with E-state index in [4.69, 9.17) is 0 Å². The highest BCUT2D eigenvalue weighted by Crippen LogP contribution is 2.15. The van der Waals surface area contributed by atoms with Crippen LogP contribution < -0.4 is 15.5 Å². The summed E-state index contributed by atoms with van der Waals surface area (Å²) in [6.45, 7) is 2.55. The van der Waals surface area contributed by atoms with Crippen molar-refractivity contribution in [3.8, 4) is 0 Å².